The molecular weight excluding hydrogens is 362 g/mol. The van der Waals surface area contributed by atoms with Crippen molar-refractivity contribution in [3.05, 3.63) is 64.1 Å². The van der Waals surface area contributed by atoms with Gasteiger partial charge in [0.25, 0.3) is 5.91 Å². The van der Waals surface area contributed by atoms with Crippen molar-refractivity contribution in [2.24, 2.45) is 0 Å². The first-order valence-corrected chi connectivity index (χ1v) is 7.70. The molecule has 0 radical (unpaired) electrons. The van der Waals surface area contributed by atoms with Crippen LogP contribution in [0.5, 0.6) is 5.75 Å². The number of halogens is 1. The minimum Gasteiger partial charge on any atom is -0.497 e. The summed E-state index contributed by atoms with van der Waals surface area (Å²) < 4.78 is 11.0. The summed E-state index contributed by atoms with van der Waals surface area (Å²) in [6.07, 6.45) is 0. The van der Waals surface area contributed by atoms with E-state index in [1.54, 1.807) is 24.3 Å². The predicted molar refractivity (Wildman–Crippen MR) is 89.3 cm³/mol. The van der Waals surface area contributed by atoms with Crippen LogP contribution in [0, 0.1) is 0 Å². The molecule has 6 heteroatoms. The molecule has 120 valence electrons. The maximum absolute atomic E-state index is 11.9. The van der Waals surface area contributed by atoms with Crippen LogP contribution in [0.4, 0.5) is 0 Å². The summed E-state index contributed by atoms with van der Waals surface area (Å²) in [4.78, 5) is 23.6. The van der Waals surface area contributed by atoms with Crippen LogP contribution in [-0.4, -0.2) is 25.6 Å². The number of carbonyl (C=O) groups is 2. The molecule has 5 nitrogen and oxygen atoms in total. The highest BCUT2D eigenvalue weighted by atomic mass is 79.9. The number of esters is 1. The summed E-state index contributed by atoms with van der Waals surface area (Å²) in [6, 6.07) is 14.2. The van der Waals surface area contributed by atoms with Gasteiger partial charge >= 0.3 is 5.97 Å². The summed E-state index contributed by atoms with van der Waals surface area (Å²) >= 11 is 3.36. The van der Waals surface area contributed by atoms with E-state index in [-0.39, 0.29) is 12.5 Å². The van der Waals surface area contributed by atoms with Crippen LogP contribution < -0.4 is 10.1 Å². The molecule has 0 heterocycles. The van der Waals surface area contributed by atoms with Crippen LogP contribution in [-0.2, 0) is 16.1 Å². The molecule has 2 aromatic rings. The van der Waals surface area contributed by atoms with Gasteiger partial charge in [0.2, 0.25) is 0 Å². The quantitative estimate of drug-likeness (QED) is 0.786. The average Bonchev–Trinajstić information content (AvgIpc) is 2.58. The summed E-state index contributed by atoms with van der Waals surface area (Å²) in [7, 11) is 1.51. The predicted octanol–water partition coefficient (Wildman–Crippen LogP) is 2.93. The van der Waals surface area contributed by atoms with Gasteiger partial charge in [0.1, 0.15) is 5.75 Å². The number of methoxy groups -OCH3 is 1. The van der Waals surface area contributed by atoms with Gasteiger partial charge < -0.3 is 14.8 Å². The highest BCUT2D eigenvalue weighted by Crippen LogP contribution is 2.13. The minimum atomic E-state index is -0.568. The molecule has 0 bridgehead atoms. The van der Waals surface area contributed by atoms with Crippen molar-refractivity contribution < 1.29 is 19.1 Å². The molecule has 0 saturated carbocycles. The van der Waals surface area contributed by atoms with Crippen molar-refractivity contribution >= 4 is 27.8 Å². The van der Waals surface area contributed by atoms with Crippen molar-refractivity contribution in [2.45, 2.75) is 6.54 Å². The number of benzene rings is 2. The van der Waals surface area contributed by atoms with Gasteiger partial charge in [0, 0.05) is 11.0 Å². The van der Waals surface area contributed by atoms with Crippen molar-refractivity contribution in [3.8, 4) is 5.75 Å². The monoisotopic (exact) mass is 377 g/mol. The molecule has 0 saturated heterocycles. The lowest BCUT2D eigenvalue weighted by atomic mass is 10.2. The van der Waals surface area contributed by atoms with Crippen LogP contribution in [0.3, 0.4) is 0 Å². The second-order valence-electron chi connectivity index (χ2n) is 4.71. The first-order valence-electron chi connectivity index (χ1n) is 6.91. The Morgan fingerprint density at radius 3 is 2.65 bits per heavy atom. The minimum absolute atomic E-state index is 0.329. The van der Waals surface area contributed by atoms with Gasteiger partial charge in [0.15, 0.2) is 6.61 Å². The van der Waals surface area contributed by atoms with E-state index in [1.807, 2.05) is 24.3 Å². The molecule has 0 aliphatic heterocycles. The van der Waals surface area contributed by atoms with Gasteiger partial charge in [-0.2, -0.15) is 0 Å². The van der Waals surface area contributed by atoms with Gasteiger partial charge in [-0.15, -0.1) is 0 Å². The van der Waals surface area contributed by atoms with Gasteiger partial charge in [-0.25, -0.2) is 4.79 Å². The maximum atomic E-state index is 11.9. The lowest BCUT2D eigenvalue weighted by Crippen LogP contribution is -2.28. The third kappa shape index (κ3) is 5.41. The Kier molecular flexibility index (Phi) is 6.17. The van der Waals surface area contributed by atoms with E-state index in [0.29, 0.717) is 17.9 Å². The molecule has 0 aromatic heterocycles. The molecule has 0 fully saturated rings. The van der Waals surface area contributed by atoms with Crippen molar-refractivity contribution in [1.82, 2.24) is 5.32 Å². The number of ether oxygens (including phenoxy) is 2. The first-order chi connectivity index (χ1) is 11.1. The highest BCUT2D eigenvalue weighted by Gasteiger charge is 2.10. The molecule has 1 N–H and O–H groups in total. The molecular formula is C17H16BrNO4. The van der Waals surface area contributed by atoms with E-state index in [1.165, 1.54) is 7.11 Å². The Bertz CT molecular complexity index is 702. The Labute approximate surface area is 142 Å². The second kappa shape index (κ2) is 8.33. The Morgan fingerprint density at radius 1 is 1.13 bits per heavy atom. The summed E-state index contributed by atoms with van der Waals surface area (Å²) in [5.74, 6) is -0.374. The van der Waals surface area contributed by atoms with Crippen LogP contribution in [0.2, 0.25) is 0 Å². The van der Waals surface area contributed by atoms with E-state index in [2.05, 4.69) is 21.2 Å². The summed E-state index contributed by atoms with van der Waals surface area (Å²) in [6.45, 7) is 0.0407. The Hall–Kier alpha value is -2.34. The molecule has 0 atom stereocenters. The molecule has 2 aromatic carbocycles. The van der Waals surface area contributed by atoms with Crippen molar-refractivity contribution in [2.75, 3.05) is 13.7 Å². The normalized spacial score (nSPS) is 10.0. The lowest BCUT2D eigenvalue weighted by molar-refractivity contribution is -0.124. The van der Waals surface area contributed by atoms with Gasteiger partial charge in [0.05, 0.1) is 12.7 Å². The standard InChI is InChI=1S/C17H16BrNO4/c1-22-15-7-3-5-13(9-15)17(21)23-11-16(20)19-10-12-4-2-6-14(18)8-12/h2-9H,10-11H2,1H3,(H,19,20). The SMILES string of the molecule is COc1cccc(C(=O)OCC(=O)NCc2cccc(Br)c2)c1. The van der Waals surface area contributed by atoms with Crippen LogP contribution in [0.15, 0.2) is 53.0 Å². The molecule has 0 spiro atoms. The van der Waals surface area contributed by atoms with Crippen LogP contribution in [0.1, 0.15) is 15.9 Å². The molecule has 2 rings (SSSR count). The largest absolute Gasteiger partial charge is 0.497 e. The third-order valence-corrected chi connectivity index (χ3v) is 3.51. The first kappa shape index (κ1) is 17.0. The molecule has 0 unspecified atom stereocenters. The number of hydrogen-bond donors (Lipinski definition) is 1. The van der Waals surface area contributed by atoms with Gasteiger partial charge in [-0.1, -0.05) is 34.1 Å². The maximum Gasteiger partial charge on any atom is 0.338 e. The average molecular weight is 378 g/mol. The van der Waals surface area contributed by atoms with E-state index in [9.17, 15) is 9.59 Å². The number of rotatable bonds is 6. The second-order valence-corrected chi connectivity index (χ2v) is 5.63. The summed E-state index contributed by atoms with van der Waals surface area (Å²) in [5, 5.41) is 2.69. The van der Waals surface area contributed by atoms with E-state index >= 15 is 0 Å². The van der Waals surface area contributed by atoms with Gasteiger partial charge in [-0.3, -0.25) is 4.79 Å². The van der Waals surface area contributed by atoms with Gasteiger partial charge in [-0.05, 0) is 35.9 Å². The number of nitrogens with one attached hydrogen (secondary N) is 1. The van der Waals surface area contributed by atoms with Crippen LogP contribution >= 0.6 is 15.9 Å². The number of carbonyl (C=O) groups excluding carboxylic acids is 2. The number of amides is 1. The zero-order chi connectivity index (χ0) is 16.7. The topological polar surface area (TPSA) is 64.6 Å². The highest BCUT2D eigenvalue weighted by molar-refractivity contribution is 9.10. The summed E-state index contributed by atoms with van der Waals surface area (Å²) in [5.41, 5.74) is 1.29. The van der Waals surface area contributed by atoms with E-state index in [0.717, 1.165) is 10.0 Å². The molecule has 1 amide bonds. The zero-order valence-electron chi connectivity index (χ0n) is 12.5. The lowest BCUT2D eigenvalue weighted by Gasteiger charge is -2.08. The Balaban J connectivity index is 1.80. The van der Waals surface area contributed by atoms with Crippen LogP contribution in [0.25, 0.3) is 0 Å². The third-order valence-electron chi connectivity index (χ3n) is 3.02. The zero-order valence-corrected chi connectivity index (χ0v) is 14.1. The molecule has 0 aliphatic carbocycles. The fourth-order valence-corrected chi connectivity index (χ4v) is 2.31. The van der Waals surface area contributed by atoms with Crippen molar-refractivity contribution in [3.63, 3.8) is 0 Å². The van der Waals surface area contributed by atoms with E-state index in [4.69, 9.17) is 9.47 Å². The smallest absolute Gasteiger partial charge is 0.338 e. The number of hydrogen-bond acceptors (Lipinski definition) is 4. The fraction of sp³-hybridized carbons (Fsp3) is 0.176. The molecule has 23 heavy (non-hydrogen) atoms. The molecule has 0 aliphatic rings. The fourth-order valence-electron chi connectivity index (χ4n) is 1.86. The van der Waals surface area contributed by atoms with Crippen molar-refractivity contribution in [1.29, 1.82) is 0 Å². The Morgan fingerprint density at radius 2 is 1.91 bits per heavy atom. The van der Waals surface area contributed by atoms with E-state index < -0.39 is 5.97 Å².